The van der Waals surface area contributed by atoms with Crippen molar-refractivity contribution in [1.82, 2.24) is 4.31 Å². The zero-order valence-electron chi connectivity index (χ0n) is 11.9. The summed E-state index contributed by atoms with van der Waals surface area (Å²) in [6.07, 6.45) is 0. The SMILES string of the molecule is COc1cc(C)c(N)cc1S(=O)(=O)N1CCS(=O)(=O)CC1. The molecular formula is C12H18N2O5S2. The summed E-state index contributed by atoms with van der Waals surface area (Å²) < 4.78 is 54.4. The number of ether oxygens (including phenoxy) is 1. The van der Waals surface area contributed by atoms with E-state index in [0.717, 1.165) is 4.31 Å². The number of nitrogens with two attached hydrogens (primary N) is 1. The molecule has 21 heavy (non-hydrogen) atoms. The first kappa shape index (κ1) is 16.1. The fraction of sp³-hybridized carbons (Fsp3) is 0.500. The van der Waals surface area contributed by atoms with Crippen LogP contribution >= 0.6 is 0 Å². The van der Waals surface area contributed by atoms with Crippen molar-refractivity contribution in [3.05, 3.63) is 17.7 Å². The van der Waals surface area contributed by atoms with Gasteiger partial charge in [0.2, 0.25) is 10.0 Å². The summed E-state index contributed by atoms with van der Waals surface area (Å²) in [5.41, 5.74) is 6.84. The molecule has 1 fully saturated rings. The maximum absolute atomic E-state index is 12.6. The molecule has 0 aliphatic carbocycles. The van der Waals surface area contributed by atoms with Gasteiger partial charge in [-0.2, -0.15) is 4.31 Å². The highest BCUT2D eigenvalue weighted by Crippen LogP contribution is 2.31. The zero-order valence-corrected chi connectivity index (χ0v) is 13.5. The van der Waals surface area contributed by atoms with E-state index < -0.39 is 19.9 Å². The Morgan fingerprint density at radius 2 is 1.81 bits per heavy atom. The molecule has 0 saturated carbocycles. The number of sulfonamides is 1. The van der Waals surface area contributed by atoms with Crippen molar-refractivity contribution in [1.29, 1.82) is 0 Å². The lowest BCUT2D eigenvalue weighted by Gasteiger charge is -2.26. The number of methoxy groups -OCH3 is 1. The molecule has 7 nitrogen and oxygen atoms in total. The van der Waals surface area contributed by atoms with Crippen LogP contribution in [0.3, 0.4) is 0 Å². The molecular weight excluding hydrogens is 316 g/mol. The van der Waals surface area contributed by atoms with Crippen LogP contribution in [0, 0.1) is 6.92 Å². The molecule has 0 aromatic heterocycles. The minimum Gasteiger partial charge on any atom is -0.495 e. The second-order valence-electron chi connectivity index (χ2n) is 4.92. The summed E-state index contributed by atoms with van der Waals surface area (Å²) in [7, 11) is -5.60. The van der Waals surface area contributed by atoms with Crippen LogP contribution in [0.2, 0.25) is 0 Å². The van der Waals surface area contributed by atoms with E-state index in [2.05, 4.69) is 0 Å². The van der Waals surface area contributed by atoms with E-state index in [1.54, 1.807) is 13.0 Å². The fourth-order valence-corrected chi connectivity index (χ4v) is 5.16. The molecule has 0 amide bonds. The largest absolute Gasteiger partial charge is 0.495 e. The molecule has 2 N–H and O–H groups in total. The Labute approximate surface area is 124 Å². The molecule has 1 saturated heterocycles. The lowest BCUT2D eigenvalue weighted by atomic mass is 10.2. The van der Waals surface area contributed by atoms with Gasteiger partial charge < -0.3 is 10.5 Å². The van der Waals surface area contributed by atoms with E-state index in [-0.39, 0.29) is 35.2 Å². The maximum Gasteiger partial charge on any atom is 0.246 e. The van der Waals surface area contributed by atoms with Gasteiger partial charge in [0.1, 0.15) is 10.6 Å². The lowest BCUT2D eigenvalue weighted by Crippen LogP contribution is -2.43. The number of hydrogen-bond donors (Lipinski definition) is 1. The summed E-state index contributed by atoms with van der Waals surface area (Å²) in [5.74, 6) is -0.138. The van der Waals surface area contributed by atoms with E-state index in [0.29, 0.717) is 11.3 Å². The molecule has 1 aromatic rings. The Hall–Kier alpha value is -1.32. The van der Waals surface area contributed by atoms with Gasteiger partial charge in [-0.05, 0) is 24.6 Å². The summed E-state index contributed by atoms with van der Waals surface area (Å²) in [5, 5.41) is 0. The first-order chi connectivity index (χ1) is 9.67. The van der Waals surface area contributed by atoms with Crippen LogP contribution in [-0.2, 0) is 19.9 Å². The van der Waals surface area contributed by atoms with Crippen molar-refractivity contribution < 1.29 is 21.6 Å². The van der Waals surface area contributed by atoms with Gasteiger partial charge in [-0.1, -0.05) is 0 Å². The van der Waals surface area contributed by atoms with Crippen LogP contribution in [0.15, 0.2) is 17.0 Å². The Morgan fingerprint density at radius 1 is 1.24 bits per heavy atom. The number of nitrogens with zero attached hydrogens (tertiary/aromatic N) is 1. The van der Waals surface area contributed by atoms with Crippen LogP contribution in [0.1, 0.15) is 5.56 Å². The smallest absolute Gasteiger partial charge is 0.246 e. The minimum absolute atomic E-state index is 0.0348. The van der Waals surface area contributed by atoms with Crippen molar-refractivity contribution in [2.24, 2.45) is 0 Å². The van der Waals surface area contributed by atoms with E-state index in [1.807, 2.05) is 0 Å². The predicted octanol–water partition coefficient (Wildman–Crippen LogP) is 0.00492. The first-order valence-electron chi connectivity index (χ1n) is 6.32. The Bertz CT molecular complexity index is 742. The Morgan fingerprint density at radius 3 is 2.33 bits per heavy atom. The molecule has 1 aromatic carbocycles. The monoisotopic (exact) mass is 334 g/mol. The molecule has 1 aliphatic rings. The summed E-state index contributed by atoms with van der Waals surface area (Å²) in [4.78, 5) is -0.0348. The Balaban J connectivity index is 2.43. The van der Waals surface area contributed by atoms with Gasteiger partial charge >= 0.3 is 0 Å². The topological polar surface area (TPSA) is 107 Å². The highest BCUT2D eigenvalue weighted by molar-refractivity contribution is 7.92. The second-order valence-corrected chi connectivity index (χ2v) is 9.13. The molecule has 0 atom stereocenters. The molecule has 9 heteroatoms. The van der Waals surface area contributed by atoms with Gasteiger partial charge in [0.05, 0.1) is 18.6 Å². The van der Waals surface area contributed by atoms with Gasteiger partial charge in [-0.3, -0.25) is 0 Å². The van der Waals surface area contributed by atoms with E-state index in [4.69, 9.17) is 10.5 Å². The molecule has 118 valence electrons. The van der Waals surface area contributed by atoms with Crippen LogP contribution in [-0.4, -0.2) is 52.8 Å². The Kier molecular flexibility index (Phi) is 4.18. The quantitative estimate of drug-likeness (QED) is 0.780. The molecule has 0 spiro atoms. The van der Waals surface area contributed by atoms with Crippen molar-refractivity contribution >= 4 is 25.5 Å². The summed E-state index contributed by atoms with van der Waals surface area (Å²) in [6.45, 7) is 1.64. The fourth-order valence-electron chi connectivity index (χ4n) is 2.11. The van der Waals surface area contributed by atoms with Gasteiger partial charge in [-0.25, -0.2) is 16.8 Å². The predicted molar refractivity (Wildman–Crippen MR) is 79.6 cm³/mol. The maximum atomic E-state index is 12.6. The lowest BCUT2D eigenvalue weighted by molar-refractivity contribution is 0.393. The average molecular weight is 334 g/mol. The van der Waals surface area contributed by atoms with Crippen LogP contribution in [0.5, 0.6) is 5.75 Å². The van der Waals surface area contributed by atoms with E-state index in [1.165, 1.54) is 13.2 Å². The van der Waals surface area contributed by atoms with Crippen molar-refractivity contribution in [3.63, 3.8) is 0 Å². The number of nitrogen functional groups attached to an aromatic ring is 1. The number of rotatable bonds is 3. The van der Waals surface area contributed by atoms with Crippen LogP contribution in [0.4, 0.5) is 5.69 Å². The van der Waals surface area contributed by atoms with Crippen LogP contribution < -0.4 is 10.5 Å². The highest BCUT2D eigenvalue weighted by Gasteiger charge is 2.33. The number of sulfone groups is 1. The minimum atomic E-state index is -3.83. The van der Waals surface area contributed by atoms with Gasteiger partial charge in [0, 0.05) is 18.8 Å². The van der Waals surface area contributed by atoms with Gasteiger partial charge in [0.15, 0.2) is 9.84 Å². The van der Waals surface area contributed by atoms with Gasteiger partial charge in [0.25, 0.3) is 0 Å². The summed E-state index contributed by atoms with van der Waals surface area (Å²) in [6, 6.07) is 2.91. The third-order valence-electron chi connectivity index (χ3n) is 3.47. The average Bonchev–Trinajstić information content (AvgIpc) is 2.40. The van der Waals surface area contributed by atoms with E-state index in [9.17, 15) is 16.8 Å². The van der Waals surface area contributed by atoms with E-state index >= 15 is 0 Å². The number of benzene rings is 1. The third-order valence-corrected chi connectivity index (χ3v) is 7.00. The zero-order chi connectivity index (χ0) is 15.8. The first-order valence-corrected chi connectivity index (χ1v) is 9.58. The third kappa shape index (κ3) is 3.14. The number of hydrogen-bond acceptors (Lipinski definition) is 6. The number of anilines is 1. The molecule has 0 unspecified atom stereocenters. The molecule has 0 bridgehead atoms. The molecule has 2 rings (SSSR count). The van der Waals surface area contributed by atoms with Crippen molar-refractivity contribution in [2.75, 3.05) is 37.4 Å². The number of aryl methyl sites for hydroxylation is 1. The van der Waals surface area contributed by atoms with Gasteiger partial charge in [-0.15, -0.1) is 0 Å². The normalized spacial score (nSPS) is 19.3. The van der Waals surface area contributed by atoms with Crippen molar-refractivity contribution in [2.45, 2.75) is 11.8 Å². The molecule has 1 aliphatic heterocycles. The second kappa shape index (κ2) is 5.47. The molecule has 0 radical (unpaired) electrons. The summed E-state index contributed by atoms with van der Waals surface area (Å²) >= 11 is 0. The molecule has 1 heterocycles. The standard InChI is InChI=1S/C12H18N2O5S2/c1-9-7-11(19-2)12(8-10(9)13)21(17,18)14-3-5-20(15,16)6-4-14/h7-8H,3-6,13H2,1-2H3. The van der Waals surface area contributed by atoms with Crippen molar-refractivity contribution in [3.8, 4) is 5.75 Å². The van der Waals surface area contributed by atoms with Crippen LogP contribution in [0.25, 0.3) is 0 Å². The highest BCUT2D eigenvalue weighted by atomic mass is 32.2.